The highest BCUT2D eigenvalue weighted by Gasteiger charge is 2.13. The van der Waals surface area contributed by atoms with Crippen LogP contribution in [0.2, 0.25) is 0 Å². The van der Waals surface area contributed by atoms with Crippen LogP contribution in [0.15, 0.2) is 67.1 Å². The van der Waals surface area contributed by atoms with Gasteiger partial charge in [-0.15, -0.1) is 0 Å². The van der Waals surface area contributed by atoms with Gasteiger partial charge >= 0.3 is 0 Å². The number of fused-ring (bicyclic) bond motifs is 1. The predicted octanol–water partition coefficient (Wildman–Crippen LogP) is 5.67. The molecule has 0 saturated carbocycles. The predicted molar refractivity (Wildman–Crippen MR) is 108 cm³/mol. The first-order valence-electron chi connectivity index (χ1n) is 8.76. The molecule has 0 aliphatic rings. The summed E-state index contributed by atoms with van der Waals surface area (Å²) in [5.74, 6) is 0.779. The van der Waals surface area contributed by atoms with Gasteiger partial charge in [0.25, 0.3) is 0 Å². The zero-order chi connectivity index (χ0) is 18.1. The second kappa shape index (κ2) is 6.30. The fourth-order valence-electron chi connectivity index (χ4n) is 3.00. The molecule has 4 heteroatoms. The van der Waals surface area contributed by atoms with Gasteiger partial charge in [-0.05, 0) is 34.6 Å². The summed E-state index contributed by atoms with van der Waals surface area (Å²) in [6.45, 7) is 6.65. The molecular formula is C22H22N4. The molecule has 0 aliphatic carbocycles. The highest BCUT2D eigenvalue weighted by molar-refractivity contribution is 5.83. The maximum atomic E-state index is 4.43. The number of rotatable bonds is 3. The number of hydrogen-bond donors (Lipinski definition) is 2. The molecule has 0 spiro atoms. The Hall–Kier alpha value is -3.14. The number of aromatic nitrogens is 3. The molecule has 130 valence electrons. The fourth-order valence-corrected chi connectivity index (χ4v) is 3.00. The lowest BCUT2D eigenvalue weighted by atomic mass is 9.86. The van der Waals surface area contributed by atoms with E-state index in [1.54, 1.807) is 6.33 Å². The second-order valence-corrected chi connectivity index (χ2v) is 7.52. The second-order valence-electron chi connectivity index (χ2n) is 7.52. The summed E-state index contributed by atoms with van der Waals surface area (Å²) < 4.78 is 0. The van der Waals surface area contributed by atoms with Gasteiger partial charge in [-0.2, -0.15) is 0 Å². The lowest BCUT2D eigenvalue weighted by Crippen LogP contribution is -2.10. The van der Waals surface area contributed by atoms with E-state index in [1.165, 1.54) is 10.9 Å². The largest absolute Gasteiger partial charge is 0.361 e. The number of nitrogens with zero attached hydrogens (tertiary/aromatic N) is 2. The normalized spacial score (nSPS) is 11.7. The minimum Gasteiger partial charge on any atom is -0.361 e. The molecule has 4 aromatic rings. The van der Waals surface area contributed by atoms with Crippen LogP contribution in [0.5, 0.6) is 0 Å². The number of benzene rings is 2. The molecule has 2 aromatic heterocycles. The van der Waals surface area contributed by atoms with E-state index in [9.17, 15) is 0 Å². The summed E-state index contributed by atoms with van der Waals surface area (Å²) in [4.78, 5) is 12.0. The number of aromatic amines is 1. The molecule has 0 amide bonds. The maximum Gasteiger partial charge on any atom is 0.134 e. The van der Waals surface area contributed by atoms with Gasteiger partial charge in [0, 0.05) is 29.0 Å². The number of anilines is 2. The van der Waals surface area contributed by atoms with Gasteiger partial charge < -0.3 is 10.3 Å². The summed E-state index contributed by atoms with van der Waals surface area (Å²) in [5, 5.41) is 4.55. The van der Waals surface area contributed by atoms with Crippen LogP contribution in [-0.4, -0.2) is 15.0 Å². The van der Waals surface area contributed by atoms with Gasteiger partial charge in [-0.3, -0.25) is 0 Å². The van der Waals surface area contributed by atoms with Crippen molar-refractivity contribution in [1.82, 2.24) is 15.0 Å². The average Bonchev–Trinajstić information content (AvgIpc) is 3.09. The Morgan fingerprint density at radius 1 is 0.885 bits per heavy atom. The van der Waals surface area contributed by atoms with E-state index in [2.05, 4.69) is 89.6 Å². The third-order valence-electron chi connectivity index (χ3n) is 4.54. The Balaban J connectivity index is 1.60. The summed E-state index contributed by atoms with van der Waals surface area (Å²) in [5.41, 5.74) is 5.54. The number of nitrogens with one attached hydrogen (secondary N) is 2. The standard InChI is InChI=1S/C22H22N4/c1-22(2,3)17-7-4-15(5-8-17)20-13-21(25-14-24-20)26-18-9-6-16-10-11-23-19(16)12-18/h4-14,23H,1-3H3,(H,24,25,26). The molecule has 0 atom stereocenters. The molecule has 0 saturated heterocycles. The molecule has 0 bridgehead atoms. The molecule has 4 nitrogen and oxygen atoms in total. The lowest BCUT2D eigenvalue weighted by Gasteiger charge is -2.19. The SMILES string of the molecule is CC(C)(C)c1ccc(-c2cc(Nc3ccc4cc[nH]c4c3)ncn2)cc1. The Morgan fingerprint density at radius 2 is 1.69 bits per heavy atom. The highest BCUT2D eigenvalue weighted by Crippen LogP contribution is 2.27. The summed E-state index contributed by atoms with van der Waals surface area (Å²) in [6.07, 6.45) is 3.54. The van der Waals surface area contributed by atoms with E-state index in [0.717, 1.165) is 28.3 Å². The highest BCUT2D eigenvalue weighted by atomic mass is 15.0. The Labute approximate surface area is 153 Å². The third-order valence-corrected chi connectivity index (χ3v) is 4.54. The summed E-state index contributed by atoms with van der Waals surface area (Å²) >= 11 is 0. The van der Waals surface area contributed by atoms with Gasteiger partial charge in [0.2, 0.25) is 0 Å². The first-order valence-corrected chi connectivity index (χ1v) is 8.76. The minimum absolute atomic E-state index is 0.146. The van der Waals surface area contributed by atoms with Crippen LogP contribution in [-0.2, 0) is 5.41 Å². The molecule has 2 aromatic carbocycles. The first kappa shape index (κ1) is 16.3. The van der Waals surface area contributed by atoms with E-state index < -0.39 is 0 Å². The Morgan fingerprint density at radius 3 is 2.46 bits per heavy atom. The van der Waals surface area contributed by atoms with Crippen LogP contribution in [0.25, 0.3) is 22.2 Å². The van der Waals surface area contributed by atoms with Crippen LogP contribution in [0.3, 0.4) is 0 Å². The van der Waals surface area contributed by atoms with Crippen LogP contribution < -0.4 is 5.32 Å². The van der Waals surface area contributed by atoms with Crippen molar-refractivity contribution in [1.29, 1.82) is 0 Å². The third kappa shape index (κ3) is 3.31. The minimum atomic E-state index is 0.146. The van der Waals surface area contributed by atoms with Crippen LogP contribution in [0.4, 0.5) is 11.5 Å². The molecule has 0 unspecified atom stereocenters. The van der Waals surface area contributed by atoms with Crippen molar-refractivity contribution in [3.8, 4) is 11.3 Å². The van der Waals surface area contributed by atoms with E-state index in [1.807, 2.05) is 12.3 Å². The first-order chi connectivity index (χ1) is 12.5. The monoisotopic (exact) mass is 342 g/mol. The van der Waals surface area contributed by atoms with Gasteiger partial charge in [0.05, 0.1) is 5.69 Å². The van der Waals surface area contributed by atoms with Gasteiger partial charge in [0.1, 0.15) is 12.1 Å². The zero-order valence-electron chi connectivity index (χ0n) is 15.2. The molecule has 0 radical (unpaired) electrons. The molecule has 2 heterocycles. The van der Waals surface area contributed by atoms with Crippen molar-refractivity contribution >= 4 is 22.4 Å². The summed E-state index contributed by atoms with van der Waals surface area (Å²) in [7, 11) is 0. The van der Waals surface area contributed by atoms with Crippen molar-refractivity contribution in [3.63, 3.8) is 0 Å². The molecular weight excluding hydrogens is 320 g/mol. The molecule has 26 heavy (non-hydrogen) atoms. The van der Waals surface area contributed by atoms with Crippen LogP contribution >= 0.6 is 0 Å². The average molecular weight is 342 g/mol. The van der Waals surface area contributed by atoms with Crippen molar-refractivity contribution < 1.29 is 0 Å². The van der Waals surface area contributed by atoms with Crippen molar-refractivity contribution in [3.05, 3.63) is 72.7 Å². The zero-order valence-corrected chi connectivity index (χ0v) is 15.2. The lowest BCUT2D eigenvalue weighted by molar-refractivity contribution is 0.590. The van der Waals surface area contributed by atoms with Crippen LogP contribution in [0, 0.1) is 0 Å². The van der Waals surface area contributed by atoms with E-state index in [0.29, 0.717) is 0 Å². The van der Waals surface area contributed by atoms with E-state index in [4.69, 9.17) is 0 Å². The Kier molecular flexibility index (Phi) is 3.96. The van der Waals surface area contributed by atoms with Gasteiger partial charge in [0.15, 0.2) is 0 Å². The molecule has 2 N–H and O–H groups in total. The van der Waals surface area contributed by atoms with E-state index in [-0.39, 0.29) is 5.41 Å². The fraction of sp³-hybridized carbons (Fsp3) is 0.182. The van der Waals surface area contributed by atoms with Gasteiger partial charge in [-0.25, -0.2) is 9.97 Å². The van der Waals surface area contributed by atoms with Crippen molar-refractivity contribution in [2.45, 2.75) is 26.2 Å². The Bertz CT molecular complexity index is 1040. The maximum absolute atomic E-state index is 4.43. The topological polar surface area (TPSA) is 53.6 Å². The quantitative estimate of drug-likeness (QED) is 0.504. The van der Waals surface area contributed by atoms with E-state index >= 15 is 0 Å². The summed E-state index contributed by atoms with van der Waals surface area (Å²) in [6, 6.07) is 18.8. The molecule has 0 fully saturated rings. The number of H-pyrrole nitrogens is 1. The molecule has 4 rings (SSSR count). The number of hydrogen-bond acceptors (Lipinski definition) is 3. The van der Waals surface area contributed by atoms with Crippen LogP contribution in [0.1, 0.15) is 26.3 Å². The van der Waals surface area contributed by atoms with Crippen molar-refractivity contribution in [2.75, 3.05) is 5.32 Å². The van der Waals surface area contributed by atoms with Crippen molar-refractivity contribution in [2.24, 2.45) is 0 Å². The molecule has 0 aliphatic heterocycles. The smallest absolute Gasteiger partial charge is 0.134 e. The van der Waals surface area contributed by atoms with Gasteiger partial charge in [-0.1, -0.05) is 51.1 Å².